The van der Waals surface area contributed by atoms with Crippen molar-refractivity contribution in [2.24, 2.45) is 5.41 Å². The number of rotatable bonds is 7. The largest absolute Gasteiger partial charge is 0.497 e. The minimum Gasteiger partial charge on any atom is -0.497 e. The molecule has 0 atom stereocenters. The van der Waals surface area contributed by atoms with Crippen molar-refractivity contribution in [2.45, 2.75) is 19.3 Å². The number of amides is 2. The van der Waals surface area contributed by atoms with Gasteiger partial charge in [-0.05, 0) is 49.1 Å². The van der Waals surface area contributed by atoms with Crippen molar-refractivity contribution < 1.29 is 27.5 Å². The number of carbonyl (C=O) groups excluding carboxylic acids is 2. The van der Waals surface area contributed by atoms with Gasteiger partial charge in [0, 0.05) is 6.54 Å². The zero-order chi connectivity index (χ0) is 20.3. The third kappa shape index (κ3) is 3.95. The molecule has 5 nitrogen and oxygen atoms in total. The first-order chi connectivity index (χ1) is 13.4. The maximum atomic E-state index is 13.7. The van der Waals surface area contributed by atoms with Gasteiger partial charge in [-0.15, -0.1) is 0 Å². The van der Waals surface area contributed by atoms with E-state index in [0.29, 0.717) is 31.9 Å². The Morgan fingerprint density at radius 3 is 2.29 bits per heavy atom. The SMILES string of the molecule is COc1ccc(CCNC(=O)C2(C(=O)Nc3ccc(F)c(F)c3F)CC2)cc1. The summed E-state index contributed by atoms with van der Waals surface area (Å²) >= 11 is 0. The molecular weight excluding hydrogens is 373 g/mol. The van der Waals surface area contributed by atoms with Crippen LogP contribution < -0.4 is 15.4 Å². The van der Waals surface area contributed by atoms with Crippen LogP contribution in [0.4, 0.5) is 18.9 Å². The van der Waals surface area contributed by atoms with Gasteiger partial charge in [0.05, 0.1) is 12.8 Å². The summed E-state index contributed by atoms with van der Waals surface area (Å²) in [6, 6.07) is 8.99. The van der Waals surface area contributed by atoms with Crippen LogP contribution in [0.1, 0.15) is 18.4 Å². The zero-order valence-corrected chi connectivity index (χ0v) is 15.2. The molecule has 2 amide bonds. The van der Waals surface area contributed by atoms with Crippen LogP contribution in [0.5, 0.6) is 5.75 Å². The molecule has 1 saturated carbocycles. The summed E-state index contributed by atoms with van der Waals surface area (Å²) in [5.41, 5.74) is -0.822. The van der Waals surface area contributed by atoms with E-state index >= 15 is 0 Å². The summed E-state index contributed by atoms with van der Waals surface area (Å²) in [7, 11) is 1.57. The Labute approximate surface area is 159 Å². The van der Waals surface area contributed by atoms with E-state index in [1.165, 1.54) is 0 Å². The Hall–Kier alpha value is -3.03. The average molecular weight is 392 g/mol. The molecule has 2 N–H and O–H groups in total. The summed E-state index contributed by atoms with van der Waals surface area (Å²) in [6.07, 6.45) is 1.17. The highest BCUT2D eigenvalue weighted by Crippen LogP contribution is 2.47. The summed E-state index contributed by atoms with van der Waals surface area (Å²) in [5, 5.41) is 4.89. The number of methoxy groups -OCH3 is 1. The van der Waals surface area contributed by atoms with Crippen molar-refractivity contribution in [3.05, 3.63) is 59.4 Å². The number of nitrogens with one attached hydrogen (secondary N) is 2. The highest BCUT2D eigenvalue weighted by molar-refractivity contribution is 6.13. The van der Waals surface area contributed by atoms with Crippen LogP contribution >= 0.6 is 0 Å². The van der Waals surface area contributed by atoms with E-state index in [1.54, 1.807) is 7.11 Å². The molecule has 148 valence electrons. The second kappa shape index (κ2) is 7.92. The van der Waals surface area contributed by atoms with Crippen LogP contribution in [-0.2, 0) is 16.0 Å². The fourth-order valence-electron chi connectivity index (χ4n) is 2.83. The van der Waals surface area contributed by atoms with Gasteiger partial charge in [-0.2, -0.15) is 0 Å². The summed E-state index contributed by atoms with van der Waals surface area (Å²) in [6.45, 7) is 0.319. The Morgan fingerprint density at radius 1 is 1.00 bits per heavy atom. The van der Waals surface area contributed by atoms with E-state index in [2.05, 4.69) is 10.6 Å². The molecule has 0 unspecified atom stereocenters. The summed E-state index contributed by atoms with van der Waals surface area (Å²) in [5.74, 6) is -5.00. The van der Waals surface area contributed by atoms with Crippen LogP contribution in [0.2, 0.25) is 0 Å². The molecule has 2 aromatic carbocycles. The maximum absolute atomic E-state index is 13.7. The van der Waals surface area contributed by atoms with E-state index in [9.17, 15) is 22.8 Å². The Balaban J connectivity index is 1.57. The standard InChI is InChI=1S/C20H19F3N2O3/c1-28-13-4-2-12(3-5-13)8-11-24-18(26)20(9-10-20)19(27)25-15-7-6-14(21)16(22)17(15)23/h2-7H,8-11H2,1H3,(H,24,26)(H,25,27). The Kier molecular flexibility index (Phi) is 5.58. The first kappa shape index (κ1) is 19.7. The zero-order valence-electron chi connectivity index (χ0n) is 15.2. The van der Waals surface area contributed by atoms with Crippen LogP contribution in [-0.4, -0.2) is 25.5 Å². The quantitative estimate of drug-likeness (QED) is 0.562. The fourth-order valence-corrected chi connectivity index (χ4v) is 2.83. The maximum Gasteiger partial charge on any atom is 0.240 e. The van der Waals surface area contributed by atoms with E-state index in [0.717, 1.165) is 17.4 Å². The van der Waals surface area contributed by atoms with Crippen molar-refractivity contribution in [1.82, 2.24) is 5.32 Å². The van der Waals surface area contributed by atoms with Gasteiger partial charge in [-0.1, -0.05) is 12.1 Å². The molecule has 0 saturated heterocycles. The molecular formula is C20H19F3N2O3. The van der Waals surface area contributed by atoms with E-state index in [-0.39, 0.29) is 0 Å². The van der Waals surface area contributed by atoms with Crippen LogP contribution in [0.25, 0.3) is 0 Å². The molecule has 0 heterocycles. The normalized spacial score (nSPS) is 14.3. The first-order valence-electron chi connectivity index (χ1n) is 8.73. The van der Waals surface area contributed by atoms with Gasteiger partial charge in [0.15, 0.2) is 17.5 Å². The molecule has 0 aromatic heterocycles. The topological polar surface area (TPSA) is 67.4 Å². The molecule has 0 bridgehead atoms. The minimum atomic E-state index is -1.67. The van der Waals surface area contributed by atoms with Gasteiger partial charge in [-0.25, -0.2) is 13.2 Å². The van der Waals surface area contributed by atoms with Gasteiger partial charge in [-0.3, -0.25) is 9.59 Å². The van der Waals surface area contributed by atoms with Gasteiger partial charge in [0.2, 0.25) is 11.8 Å². The number of benzene rings is 2. The number of anilines is 1. The third-order valence-corrected chi connectivity index (χ3v) is 4.76. The predicted octanol–water partition coefficient (Wildman–Crippen LogP) is 3.19. The van der Waals surface area contributed by atoms with Crippen molar-refractivity contribution in [3.8, 4) is 5.75 Å². The van der Waals surface area contributed by atoms with Gasteiger partial charge >= 0.3 is 0 Å². The van der Waals surface area contributed by atoms with Crippen LogP contribution in [0.3, 0.4) is 0 Å². The lowest BCUT2D eigenvalue weighted by Gasteiger charge is -2.16. The minimum absolute atomic E-state index is 0.304. The first-order valence-corrected chi connectivity index (χ1v) is 8.73. The lowest BCUT2D eigenvalue weighted by Crippen LogP contribution is -2.40. The Morgan fingerprint density at radius 2 is 1.68 bits per heavy atom. The molecule has 1 aliphatic carbocycles. The molecule has 2 aromatic rings. The van der Waals surface area contributed by atoms with E-state index in [4.69, 9.17) is 4.74 Å². The van der Waals surface area contributed by atoms with Gasteiger partial charge < -0.3 is 15.4 Å². The monoisotopic (exact) mass is 392 g/mol. The second-order valence-corrected chi connectivity index (χ2v) is 6.61. The fraction of sp³-hybridized carbons (Fsp3) is 0.300. The van der Waals surface area contributed by atoms with Crippen LogP contribution in [0, 0.1) is 22.9 Å². The molecule has 0 aliphatic heterocycles. The lowest BCUT2D eigenvalue weighted by molar-refractivity contribution is -0.134. The predicted molar refractivity (Wildman–Crippen MR) is 96.3 cm³/mol. The summed E-state index contributed by atoms with van der Waals surface area (Å²) < 4.78 is 45.1. The molecule has 8 heteroatoms. The van der Waals surface area contributed by atoms with Crippen molar-refractivity contribution in [3.63, 3.8) is 0 Å². The van der Waals surface area contributed by atoms with E-state index in [1.807, 2.05) is 24.3 Å². The second-order valence-electron chi connectivity index (χ2n) is 6.61. The molecule has 28 heavy (non-hydrogen) atoms. The van der Waals surface area contributed by atoms with E-state index < -0.39 is 40.4 Å². The number of carbonyl (C=O) groups is 2. The Bertz CT molecular complexity index is 896. The van der Waals surface area contributed by atoms with Gasteiger partial charge in [0.1, 0.15) is 11.2 Å². The molecule has 0 radical (unpaired) electrons. The van der Waals surface area contributed by atoms with Crippen molar-refractivity contribution in [2.75, 3.05) is 19.0 Å². The molecule has 1 fully saturated rings. The highest BCUT2D eigenvalue weighted by atomic mass is 19.2. The van der Waals surface area contributed by atoms with Gasteiger partial charge in [0.25, 0.3) is 0 Å². The van der Waals surface area contributed by atoms with Crippen LogP contribution in [0.15, 0.2) is 36.4 Å². The third-order valence-electron chi connectivity index (χ3n) is 4.76. The number of hydrogen-bond acceptors (Lipinski definition) is 3. The van der Waals surface area contributed by atoms with Crippen molar-refractivity contribution in [1.29, 1.82) is 0 Å². The highest BCUT2D eigenvalue weighted by Gasteiger charge is 2.56. The smallest absolute Gasteiger partial charge is 0.240 e. The number of ether oxygens (including phenoxy) is 1. The molecule has 1 aliphatic rings. The molecule has 3 rings (SSSR count). The average Bonchev–Trinajstić information content (AvgIpc) is 3.51. The molecule has 0 spiro atoms. The lowest BCUT2D eigenvalue weighted by atomic mass is 10.0. The summed E-state index contributed by atoms with van der Waals surface area (Å²) in [4.78, 5) is 24.9. The number of hydrogen-bond donors (Lipinski definition) is 2. The van der Waals surface area contributed by atoms with Crippen molar-refractivity contribution >= 4 is 17.5 Å². The number of halogens is 3.